The molecule has 1 amide bonds. The average Bonchev–Trinajstić information content (AvgIpc) is 3.19. The molecule has 2 heterocycles. The summed E-state index contributed by atoms with van der Waals surface area (Å²) in [6, 6.07) is 15.9. The number of hydrogen-bond acceptors (Lipinski definition) is 6. The number of thioether (sulfide) groups is 1. The second-order valence-electron chi connectivity index (χ2n) is 7.11. The maximum absolute atomic E-state index is 13.0. The van der Waals surface area contributed by atoms with Crippen LogP contribution in [0.1, 0.15) is 12.0 Å². The Labute approximate surface area is 184 Å². The van der Waals surface area contributed by atoms with E-state index in [2.05, 4.69) is 37.1 Å². The van der Waals surface area contributed by atoms with Gasteiger partial charge in [-0.1, -0.05) is 42.1 Å². The molecule has 162 valence electrons. The van der Waals surface area contributed by atoms with Crippen molar-refractivity contribution in [2.45, 2.75) is 18.1 Å². The van der Waals surface area contributed by atoms with E-state index in [-0.39, 0.29) is 11.7 Å². The van der Waals surface area contributed by atoms with E-state index in [0.717, 1.165) is 29.8 Å². The molecule has 2 aromatic carbocycles. The zero-order valence-electron chi connectivity index (χ0n) is 17.0. The second kappa shape index (κ2) is 10.4. The Kier molecular flexibility index (Phi) is 7.16. The first-order valence-electron chi connectivity index (χ1n) is 10.2. The third kappa shape index (κ3) is 5.83. The van der Waals surface area contributed by atoms with E-state index >= 15 is 0 Å². The van der Waals surface area contributed by atoms with E-state index in [1.807, 2.05) is 18.2 Å². The van der Waals surface area contributed by atoms with E-state index in [4.69, 9.17) is 4.74 Å². The minimum Gasteiger partial charge on any atom is -0.378 e. The molecule has 0 bridgehead atoms. The molecule has 9 heteroatoms. The van der Waals surface area contributed by atoms with Crippen LogP contribution in [0.2, 0.25) is 0 Å². The highest BCUT2D eigenvalue weighted by atomic mass is 32.2. The smallest absolute Gasteiger partial charge is 0.228 e. The van der Waals surface area contributed by atoms with Crippen molar-refractivity contribution < 1.29 is 13.9 Å². The van der Waals surface area contributed by atoms with E-state index in [1.54, 1.807) is 12.1 Å². The van der Waals surface area contributed by atoms with Crippen molar-refractivity contribution in [1.29, 1.82) is 0 Å². The lowest BCUT2D eigenvalue weighted by Crippen LogP contribution is -2.38. The van der Waals surface area contributed by atoms with Crippen LogP contribution in [-0.2, 0) is 16.1 Å². The van der Waals surface area contributed by atoms with Crippen LogP contribution < -0.4 is 10.2 Å². The van der Waals surface area contributed by atoms with Gasteiger partial charge in [0.2, 0.25) is 11.9 Å². The van der Waals surface area contributed by atoms with Gasteiger partial charge in [0.15, 0.2) is 5.16 Å². The summed E-state index contributed by atoms with van der Waals surface area (Å²) in [5.41, 5.74) is 1.74. The summed E-state index contributed by atoms with van der Waals surface area (Å²) >= 11 is 1.50. The van der Waals surface area contributed by atoms with Crippen LogP contribution in [0.4, 0.5) is 16.0 Å². The number of carbonyl (C=O) groups excluding carboxylic acids is 1. The van der Waals surface area contributed by atoms with Gasteiger partial charge in [0, 0.05) is 31.0 Å². The summed E-state index contributed by atoms with van der Waals surface area (Å²) in [5, 5.41) is 12.4. The molecule has 0 unspecified atom stereocenters. The fourth-order valence-corrected chi connectivity index (χ4v) is 4.15. The van der Waals surface area contributed by atoms with Gasteiger partial charge in [0.25, 0.3) is 0 Å². The Morgan fingerprint density at radius 2 is 1.81 bits per heavy atom. The lowest BCUT2D eigenvalue weighted by molar-refractivity contribution is -0.115. The second-order valence-corrected chi connectivity index (χ2v) is 8.17. The number of morpholine rings is 1. The molecule has 1 aliphatic rings. The third-order valence-corrected chi connectivity index (χ3v) is 5.83. The minimum atomic E-state index is -0.331. The highest BCUT2D eigenvalue weighted by molar-refractivity contribution is 7.99. The van der Waals surface area contributed by atoms with Crippen LogP contribution in [0.15, 0.2) is 59.8 Å². The first kappa shape index (κ1) is 21.3. The van der Waals surface area contributed by atoms with Crippen molar-refractivity contribution in [2.24, 2.45) is 0 Å². The van der Waals surface area contributed by atoms with Crippen molar-refractivity contribution in [3.05, 3.63) is 66.0 Å². The van der Waals surface area contributed by atoms with Gasteiger partial charge >= 0.3 is 0 Å². The number of ether oxygens (including phenoxy) is 1. The summed E-state index contributed by atoms with van der Waals surface area (Å²) in [4.78, 5) is 14.4. The summed E-state index contributed by atoms with van der Waals surface area (Å²) in [5.74, 6) is 0.928. The van der Waals surface area contributed by atoms with Gasteiger partial charge in [-0.25, -0.2) is 4.39 Å². The molecule has 7 nitrogen and oxygen atoms in total. The SMILES string of the molecule is O=C(CCSc1nnc(N2CCOCC2)n1Cc1ccccc1)Nc1ccc(F)cc1. The first-order chi connectivity index (χ1) is 15.2. The van der Waals surface area contributed by atoms with Crippen molar-refractivity contribution in [1.82, 2.24) is 14.8 Å². The van der Waals surface area contributed by atoms with Gasteiger partial charge in [-0.05, 0) is 29.8 Å². The lowest BCUT2D eigenvalue weighted by atomic mass is 10.2. The summed E-state index contributed by atoms with van der Waals surface area (Å²) < 4.78 is 20.6. The number of carbonyl (C=O) groups is 1. The zero-order chi connectivity index (χ0) is 21.5. The molecule has 1 aromatic heterocycles. The molecule has 31 heavy (non-hydrogen) atoms. The number of amides is 1. The summed E-state index contributed by atoms with van der Waals surface area (Å²) in [7, 11) is 0. The highest BCUT2D eigenvalue weighted by Gasteiger charge is 2.21. The van der Waals surface area contributed by atoms with Gasteiger partial charge in [-0.3, -0.25) is 9.36 Å². The van der Waals surface area contributed by atoms with Crippen molar-refractivity contribution in [3.63, 3.8) is 0 Å². The Bertz CT molecular complexity index is 991. The fraction of sp³-hybridized carbons (Fsp3) is 0.318. The zero-order valence-corrected chi connectivity index (χ0v) is 17.9. The molecule has 1 saturated heterocycles. The number of nitrogens with one attached hydrogen (secondary N) is 1. The van der Waals surface area contributed by atoms with Gasteiger partial charge in [-0.2, -0.15) is 0 Å². The number of halogens is 1. The number of aromatic nitrogens is 3. The highest BCUT2D eigenvalue weighted by Crippen LogP contribution is 2.25. The van der Waals surface area contributed by atoms with E-state index in [9.17, 15) is 9.18 Å². The van der Waals surface area contributed by atoms with Gasteiger partial charge in [-0.15, -0.1) is 10.2 Å². The Morgan fingerprint density at radius 1 is 1.06 bits per heavy atom. The van der Waals surface area contributed by atoms with Crippen LogP contribution >= 0.6 is 11.8 Å². The molecule has 4 rings (SSSR count). The Morgan fingerprint density at radius 3 is 2.55 bits per heavy atom. The van der Waals surface area contributed by atoms with Crippen molar-refractivity contribution in [3.8, 4) is 0 Å². The molecule has 1 N–H and O–H groups in total. The topological polar surface area (TPSA) is 72.3 Å². The number of benzene rings is 2. The van der Waals surface area contributed by atoms with E-state index in [0.29, 0.717) is 37.6 Å². The fourth-order valence-electron chi connectivity index (χ4n) is 3.28. The minimum absolute atomic E-state index is 0.123. The first-order valence-corrected chi connectivity index (χ1v) is 11.2. The third-order valence-electron chi connectivity index (χ3n) is 4.86. The molecule has 0 aliphatic carbocycles. The number of nitrogens with zero attached hydrogens (tertiary/aromatic N) is 4. The van der Waals surface area contributed by atoms with Gasteiger partial charge < -0.3 is 15.0 Å². The van der Waals surface area contributed by atoms with E-state index in [1.165, 1.54) is 23.9 Å². The standard InChI is InChI=1S/C22H24FN5O2S/c23-18-6-8-19(9-7-18)24-20(29)10-15-31-22-26-25-21(27-11-13-30-14-12-27)28(22)16-17-4-2-1-3-5-17/h1-9H,10-16H2,(H,24,29). The normalized spacial score (nSPS) is 13.9. The van der Waals surface area contributed by atoms with Crippen molar-refractivity contribution >= 4 is 29.3 Å². The maximum atomic E-state index is 13.0. The molecule has 0 radical (unpaired) electrons. The molecule has 0 saturated carbocycles. The predicted octanol–water partition coefficient (Wildman–Crippen LogP) is 3.42. The van der Waals surface area contributed by atoms with Crippen LogP contribution in [-0.4, -0.2) is 52.7 Å². The number of anilines is 2. The predicted molar refractivity (Wildman–Crippen MR) is 119 cm³/mol. The van der Waals surface area contributed by atoms with Crippen LogP contribution in [0.25, 0.3) is 0 Å². The largest absolute Gasteiger partial charge is 0.378 e. The molecule has 0 spiro atoms. The number of hydrogen-bond donors (Lipinski definition) is 1. The van der Waals surface area contributed by atoms with Crippen molar-refractivity contribution in [2.75, 3.05) is 42.3 Å². The molecule has 1 aliphatic heterocycles. The van der Waals surface area contributed by atoms with Gasteiger partial charge in [0.05, 0.1) is 19.8 Å². The Balaban J connectivity index is 1.41. The average molecular weight is 442 g/mol. The molecular formula is C22H24FN5O2S. The van der Waals surface area contributed by atoms with Crippen LogP contribution in [0.5, 0.6) is 0 Å². The van der Waals surface area contributed by atoms with Gasteiger partial charge in [0.1, 0.15) is 5.82 Å². The Hall–Kier alpha value is -2.91. The molecular weight excluding hydrogens is 417 g/mol. The molecule has 1 fully saturated rings. The summed E-state index contributed by atoms with van der Waals surface area (Å²) in [6.07, 6.45) is 0.313. The summed E-state index contributed by atoms with van der Waals surface area (Å²) in [6.45, 7) is 3.55. The quantitative estimate of drug-likeness (QED) is 0.540. The van der Waals surface area contributed by atoms with Crippen LogP contribution in [0.3, 0.4) is 0 Å². The molecule has 0 atom stereocenters. The van der Waals surface area contributed by atoms with Crippen LogP contribution in [0, 0.1) is 5.82 Å². The number of rotatable bonds is 8. The molecule has 3 aromatic rings. The lowest BCUT2D eigenvalue weighted by Gasteiger charge is -2.28. The maximum Gasteiger partial charge on any atom is 0.228 e. The monoisotopic (exact) mass is 441 g/mol. The van der Waals surface area contributed by atoms with E-state index < -0.39 is 0 Å².